The summed E-state index contributed by atoms with van der Waals surface area (Å²) in [5, 5.41) is 8.50. The summed E-state index contributed by atoms with van der Waals surface area (Å²) in [4.78, 5) is 14.6. The number of rotatable bonds is 3. The van der Waals surface area contributed by atoms with Crippen molar-refractivity contribution in [2.24, 2.45) is 5.92 Å². The molecular formula is C18H20ClN3O2. The molecule has 2 heterocycles. The van der Waals surface area contributed by atoms with E-state index in [1.54, 1.807) is 25.3 Å². The highest BCUT2D eigenvalue weighted by molar-refractivity contribution is 6.34. The van der Waals surface area contributed by atoms with Crippen LogP contribution in [0.5, 0.6) is 5.88 Å². The fourth-order valence-corrected chi connectivity index (χ4v) is 3.24. The van der Waals surface area contributed by atoms with Crippen molar-refractivity contribution >= 4 is 17.5 Å². The van der Waals surface area contributed by atoms with Gasteiger partial charge >= 0.3 is 0 Å². The Morgan fingerprint density at radius 2 is 2.12 bits per heavy atom. The maximum Gasteiger partial charge on any atom is 0.255 e. The number of amides is 1. The third-order valence-electron chi connectivity index (χ3n) is 4.29. The van der Waals surface area contributed by atoms with Crippen LogP contribution < -0.4 is 4.74 Å². The smallest absolute Gasteiger partial charge is 0.255 e. The van der Waals surface area contributed by atoms with Gasteiger partial charge in [0.2, 0.25) is 5.88 Å². The van der Waals surface area contributed by atoms with Crippen LogP contribution in [0.4, 0.5) is 0 Å². The first-order valence-electron chi connectivity index (χ1n) is 8.05. The summed E-state index contributed by atoms with van der Waals surface area (Å²) in [5.41, 5.74) is 2.04. The van der Waals surface area contributed by atoms with Crippen LogP contribution in [0.15, 0.2) is 30.3 Å². The molecule has 0 saturated carbocycles. The van der Waals surface area contributed by atoms with E-state index in [9.17, 15) is 4.79 Å². The lowest BCUT2D eigenvalue weighted by Crippen LogP contribution is -2.39. The quantitative estimate of drug-likeness (QED) is 0.851. The average molecular weight is 346 g/mol. The van der Waals surface area contributed by atoms with Crippen molar-refractivity contribution in [3.05, 3.63) is 40.9 Å². The standard InChI is InChI=1S/C18H20ClN3O2/c1-12-4-3-9-22(11-12)18(23)14-6-5-13(10-15(14)19)16-7-8-17(24-2)21-20-16/h5-8,10,12H,3-4,9,11H2,1-2H3. The lowest BCUT2D eigenvalue weighted by Gasteiger charge is -2.31. The van der Waals surface area contributed by atoms with Gasteiger partial charge < -0.3 is 9.64 Å². The molecule has 0 aliphatic carbocycles. The third-order valence-corrected chi connectivity index (χ3v) is 4.60. The molecule has 1 saturated heterocycles. The van der Waals surface area contributed by atoms with Gasteiger partial charge in [0, 0.05) is 24.7 Å². The highest BCUT2D eigenvalue weighted by Crippen LogP contribution is 2.27. The van der Waals surface area contributed by atoms with E-state index in [4.69, 9.17) is 16.3 Å². The summed E-state index contributed by atoms with van der Waals surface area (Å²) in [6, 6.07) is 8.93. The topological polar surface area (TPSA) is 55.3 Å². The molecule has 0 spiro atoms. The number of benzene rings is 1. The van der Waals surface area contributed by atoms with Gasteiger partial charge in [-0.3, -0.25) is 4.79 Å². The van der Waals surface area contributed by atoms with E-state index in [0.717, 1.165) is 25.1 Å². The normalized spacial score (nSPS) is 17.6. The molecule has 3 rings (SSSR count). The average Bonchev–Trinajstić information content (AvgIpc) is 2.61. The SMILES string of the molecule is COc1ccc(-c2ccc(C(=O)N3CCCC(C)C3)c(Cl)c2)nn1. The molecule has 2 aromatic rings. The van der Waals surface area contributed by atoms with Crippen molar-refractivity contribution in [3.8, 4) is 17.1 Å². The molecule has 1 unspecified atom stereocenters. The van der Waals surface area contributed by atoms with Gasteiger partial charge in [-0.05, 0) is 37.0 Å². The van der Waals surface area contributed by atoms with E-state index in [-0.39, 0.29) is 5.91 Å². The van der Waals surface area contributed by atoms with Crippen LogP contribution in [0.25, 0.3) is 11.3 Å². The van der Waals surface area contributed by atoms with Crippen LogP contribution in [0.3, 0.4) is 0 Å². The number of hydrogen-bond acceptors (Lipinski definition) is 4. The number of likely N-dealkylation sites (tertiary alicyclic amines) is 1. The highest BCUT2D eigenvalue weighted by atomic mass is 35.5. The predicted octanol–water partition coefficient (Wildman–Crippen LogP) is 3.68. The summed E-state index contributed by atoms with van der Waals surface area (Å²) in [6.07, 6.45) is 2.22. The second-order valence-corrected chi connectivity index (χ2v) is 6.56. The summed E-state index contributed by atoms with van der Waals surface area (Å²) in [6.45, 7) is 3.76. The Kier molecular flexibility index (Phi) is 5.00. The van der Waals surface area contributed by atoms with E-state index >= 15 is 0 Å². The maximum atomic E-state index is 12.7. The van der Waals surface area contributed by atoms with Crippen LogP contribution in [-0.2, 0) is 0 Å². The second kappa shape index (κ2) is 7.18. The lowest BCUT2D eigenvalue weighted by molar-refractivity contribution is 0.0683. The van der Waals surface area contributed by atoms with E-state index in [0.29, 0.717) is 28.1 Å². The molecule has 1 aromatic heterocycles. The Labute approximate surface area is 146 Å². The number of methoxy groups -OCH3 is 1. The van der Waals surface area contributed by atoms with Gasteiger partial charge in [0.15, 0.2) is 0 Å². The lowest BCUT2D eigenvalue weighted by atomic mass is 9.99. The molecule has 5 nitrogen and oxygen atoms in total. The van der Waals surface area contributed by atoms with Crippen LogP contribution in [0.1, 0.15) is 30.1 Å². The van der Waals surface area contributed by atoms with E-state index in [1.165, 1.54) is 6.42 Å². The molecule has 1 amide bonds. The van der Waals surface area contributed by atoms with Crippen molar-refractivity contribution in [3.63, 3.8) is 0 Å². The number of halogens is 1. The molecule has 126 valence electrons. The van der Waals surface area contributed by atoms with Crippen molar-refractivity contribution in [2.75, 3.05) is 20.2 Å². The minimum absolute atomic E-state index is 0.00100. The number of aromatic nitrogens is 2. The van der Waals surface area contributed by atoms with E-state index in [2.05, 4.69) is 17.1 Å². The zero-order chi connectivity index (χ0) is 17.1. The largest absolute Gasteiger partial charge is 0.480 e. The Hall–Kier alpha value is -2.14. The van der Waals surface area contributed by atoms with Gasteiger partial charge in [-0.1, -0.05) is 24.6 Å². The van der Waals surface area contributed by atoms with Gasteiger partial charge in [0.1, 0.15) is 0 Å². The number of hydrogen-bond donors (Lipinski definition) is 0. The molecule has 6 heteroatoms. The minimum atomic E-state index is -0.00100. The van der Waals surface area contributed by atoms with Crippen molar-refractivity contribution in [1.29, 1.82) is 0 Å². The molecule has 0 bridgehead atoms. The molecule has 1 aliphatic heterocycles. The fourth-order valence-electron chi connectivity index (χ4n) is 2.97. The Bertz CT molecular complexity index is 734. The Morgan fingerprint density at radius 1 is 1.29 bits per heavy atom. The molecule has 1 fully saturated rings. The van der Waals surface area contributed by atoms with Crippen LogP contribution in [0.2, 0.25) is 5.02 Å². The van der Waals surface area contributed by atoms with Gasteiger partial charge in [0.25, 0.3) is 5.91 Å². The number of nitrogens with zero attached hydrogens (tertiary/aromatic N) is 3. The van der Waals surface area contributed by atoms with Gasteiger partial charge in [-0.25, -0.2) is 0 Å². The number of carbonyl (C=O) groups is 1. The molecule has 1 aliphatic rings. The predicted molar refractivity (Wildman–Crippen MR) is 93.3 cm³/mol. The van der Waals surface area contributed by atoms with E-state index < -0.39 is 0 Å². The van der Waals surface area contributed by atoms with Crippen molar-refractivity contribution in [2.45, 2.75) is 19.8 Å². The molecule has 0 radical (unpaired) electrons. The number of ether oxygens (including phenoxy) is 1. The maximum absolute atomic E-state index is 12.7. The van der Waals surface area contributed by atoms with Crippen molar-refractivity contribution in [1.82, 2.24) is 15.1 Å². The molecule has 1 atom stereocenters. The summed E-state index contributed by atoms with van der Waals surface area (Å²) >= 11 is 6.37. The van der Waals surface area contributed by atoms with Crippen molar-refractivity contribution < 1.29 is 9.53 Å². The Balaban J connectivity index is 1.82. The zero-order valence-electron chi connectivity index (χ0n) is 13.8. The first kappa shape index (κ1) is 16.7. The highest BCUT2D eigenvalue weighted by Gasteiger charge is 2.23. The van der Waals surface area contributed by atoms with Gasteiger partial charge in [-0.15, -0.1) is 10.2 Å². The Morgan fingerprint density at radius 3 is 2.75 bits per heavy atom. The molecule has 0 N–H and O–H groups in total. The van der Waals surface area contributed by atoms with Crippen LogP contribution >= 0.6 is 11.6 Å². The second-order valence-electron chi connectivity index (χ2n) is 6.15. The molecular weight excluding hydrogens is 326 g/mol. The fraction of sp³-hybridized carbons (Fsp3) is 0.389. The van der Waals surface area contributed by atoms with Crippen LogP contribution in [0, 0.1) is 5.92 Å². The molecule has 24 heavy (non-hydrogen) atoms. The number of piperidine rings is 1. The molecule has 1 aromatic carbocycles. The minimum Gasteiger partial charge on any atom is -0.480 e. The zero-order valence-corrected chi connectivity index (χ0v) is 14.6. The monoisotopic (exact) mass is 345 g/mol. The summed E-state index contributed by atoms with van der Waals surface area (Å²) < 4.78 is 5.01. The third kappa shape index (κ3) is 3.51. The van der Waals surface area contributed by atoms with Gasteiger partial charge in [-0.2, -0.15) is 0 Å². The van der Waals surface area contributed by atoms with E-state index in [1.807, 2.05) is 17.0 Å². The summed E-state index contributed by atoms with van der Waals surface area (Å²) in [7, 11) is 1.54. The number of carbonyl (C=O) groups excluding carboxylic acids is 1. The first-order chi connectivity index (χ1) is 11.6. The summed E-state index contributed by atoms with van der Waals surface area (Å²) in [5.74, 6) is 0.991. The van der Waals surface area contributed by atoms with Gasteiger partial charge in [0.05, 0.1) is 23.4 Å². The van der Waals surface area contributed by atoms with Crippen LogP contribution in [-0.4, -0.2) is 41.2 Å². The first-order valence-corrected chi connectivity index (χ1v) is 8.43.